The minimum atomic E-state index is -0.100. The van der Waals surface area contributed by atoms with Gasteiger partial charge in [0.15, 0.2) is 0 Å². The third-order valence-corrected chi connectivity index (χ3v) is 3.42. The summed E-state index contributed by atoms with van der Waals surface area (Å²) in [5.41, 5.74) is 0. The van der Waals surface area contributed by atoms with Gasteiger partial charge in [0.05, 0.1) is 13.0 Å². The van der Waals surface area contributed by atoms with Gasteiger partial charge in [-0.05, 0) is 33.2 Å². The van der Waals surface area contributed by atoms with E-state index in [1.165, 1.54) is 20.0 Å². The summed E-state index contributed by atoms with van der Waals surface area (Å²) < 4.78 is 4.76. The van der Waals surface area contributed by atoms with Crippen molar-refractivity contribution in [1.29, 1.82) is 0 Å². The van der Waals surface area contributed by atoms with E-state index < -0.39 is 0 Å². The number of esters is 1. The fraction of sp³-hybridized carbons (Fsp3) is 0.909. The molecule has 1 aliphatic rings. The molecule has 1 saturated heterocycles. The number of nitrogens with zero attached hydrogens (tertiary/aromatic N) is 1. The molecule has 1 rings (SSSR count). The maximum Gasteiger partial charge on any atom is 0.309 e. The van der Waals surface area contributed by atoms with Crippen LogP contribution in [0.5, 0.6) is 0 Å². The van der Waals surface area contributed by atoms with Crippen molar-refractivity contribution in [2.45, 2.75) is 45.7 Å². The molecule has 82 valence electrons. The van der Waals surface area contributed by atoms with E-state index >= 15 is 0 Å². The minimum Gasteiger partial charge on any atom is -0.469 e. The molecule has 3 heteroatoms. The molecule has 3 nitrogen and oxygen atoms in total. The van der Waals surface area contributed by atoms with E-state index in [4.69, 9.17) is 4.74 Å². The van der Waals surface area contributed by atoms with Crippen molar-refractivity contribution >= 4 is 5.97 Å². The fourth-order valence-electron chi connectivity index (χ4n) is 2.23. The highest BCUT2D eigenvalue weighted by Crippen LogP contribution is 2.23. The van der Waals surface area contributed by atoms with Crippen molar-refractivity contribution in [1.82, 2.24) is 4.90 Å². The summed E-state index contributed by atoms with van der Waals surface area (Å²) in [7, 11) is 1.46. The Bertz CT molecular complexity index is 205. The number of carbonyl (C=O) groups excluding carboxylic acids is 1. The molecule has 3 atom stereocenters. The Morgan fingerprint density at radius 3 is 2.57 bits per heavy atom. The first-order valence-corrected chi connectivity index (χ1v) is 5.41. The molecule has 14 heavy (non-hydrogen) atoms. The molecule has 1 aliphatic heterocycles. The predicted octanol–water partition coefficient (Wildman–Crippen LogP) is 1.67. The van der Waals surface area contributed by atoms with Crippen molar-refractivity contribution < 1.29 is 9.53 Å². The Morgan fingerprint density at radius 2 is 2.14 bits per heavy atom. The molecular weight excluding hydrogens is 178 g/mol. The van der Waals surface area contributed by atoms with Crippen LogP contribution in [0.15, 0.2) is 0 Å². The van der Waals surface area contributed by atoms with Gasteiger partial charge < -0.3 is 4.74 Å². The number of likely N-dealkylation sites (tertiary alicyclic amines) is 1. The SMILES string of the molecule is COC(=O)C(C)C(C)N1CCCC1C. The van der Waals surface area contributed by atoms with Gasteiger partial charge in [0.2, 0.25) is 0 Å². The summed E-state index contributed by atoms with van der Waals surface area (Å²) in [4.78, 5) is 13.8. The Morgan fingerprint density at radius 1 is 1.50 bits per heavy atom. The molecule has 0 aromatic rings. The van der Waals surface area contributed by atoms with Crippen molar-refractivity contribution in [3.8, 4) is 0 Å². The third kappa shape index (κ3) is 2.27. The van der Waals surface area contributed by atoms with Crippen LogP contribution >= 0.6 is 0 Å². The van der Waals surface area contributed by atoms with Crippen LogP contribution in [-0.4, -0.2) is 36.6 Å². The van der Waals surface area contributed by atoms with Crippen LogP contribution < -0.4 is 0 Å². The predicted molar refractivity (Wildman–Crippen MR) is 56.0 cm³/mol. The standard InChI is InChI=1S/C11H21NO2/c1-8-6-5-7-12(8)10(3)9(2)11(13)14-4/h8-10H,5-7H2,1-4H3. The zero-order chi connectivity index (χ0) is 10.7. The second-order valence-electron chi connectivity index (χ2n) is 4.28. The van der Waals surface area contributed by atoms with Crippen LogP contribution in [-0.2, 0) is 9.53 Å². The summed E-state index contributed by atoms with van der Waals surface area (Å²) in [5, 5.41) is 0. The summed E-state index contributed by atoms with van der Waals surface area (Å²) in [6.45, 7) is 7.40. The molecule has 0 aromatic heterocycles. The normalized spacial score (nSPS) is 27.3. The molecule has 0 amide bonds. The number of hydrogen-bond donors (Lipinski definition) is 0. The summed E-state index contributed by atoms with van der Waals surface area (Å²) in [5.74, 6) is -0.128. The maximum atomic E-state index is 11.4. The van der Waals surface area contributed by atoms with Crippen LogP contribution in [0.25, 0.3) is 0 Å². The number of rotatable bonds is 3. The summed E-state index contributed by atoms with van der Waals surface area (Å²) in [6, 6.07) is 0.900. The van der Waals surface area contributed by atoms with Crippen molar-refractivity contribution in [2.24, 2.45) is 5.92 Å². The largest absolute Gasteiger partial charge is 0.469 e. The van der Waals surface area contributed by atoms with Gasteiger partial charge in [-0.2, -0.15) is 0 Å². The van der Waals surface area contributed by atoms with Gasteiger partial charge in [-0.3, -0.25) is 9.69 Å². The molecule has 3 unspecified atom stereocenters. The minimum absolute atomic E-state index is 0.0273. The van der Waals surface area contributed by atoms with Gasteiger partial charge in [-0.15, -0.1) is 0 Å². The van der Waals surface area contributed by atoms with Crippen molar-refractivity contribution in [3.05, 3.63) is 0 Å². The molecule has 0 saturated carbocycles. The molecular formula is C11H21NO2. The van der Waals surface area contributed by atoms with E-state index in [0.717, 1.165) is 6.54 Å². The van der Waals surface area contributed by atoms with E-state index in [1.54, 1.807) is 0 Å². The van der Waals surface area contributed by atoms with E-state index in [-0.39, 0.29) is 11.9 Å². The second kappa shape index (κ2) is 4.78. The summed E-state index contributed by atoms with van der Waals surface area (Å²) >= 11 is 0. The first kappa shape index (κ1) is 11.5. The Balaban J connectivity index is 2.55. The van der Waals surface area contributed by atoms with Crippen molar-refractivity contribution in [2.75, 3.05) is 13.7 Å². The molecule has 0 aliphatic carbocycles. The smallest absolute Gasteiger partial charge is 0.309 e. The summed E-state index contributed by atoms with van der Waals surface area (Å²) in [6.07, 6.45) is 2.50. The zero-order valence-electron chi connectivity index (χ0n) is 9.62. The van der Waals surface area contributed by atoms with Gasteiger partial charge in [0.25, 0.3) is 0 Å². The van der Waals surface area contributed by atoms with Gasteiger partial charge in [0, 0.05) is 12.1 Å². The lowest BCUT2D eigenvalue weighted by Crippen LogP contribution is -2.42. The second-order valence-corrected chi connectivity index (χ2v) is 4.28. The monoisotopic (exact) mass is 199 g/mol. The number of methoxy groups -OCH3 is 1. The topological polar surface area (TPSA) is 29.5 Å². The first-order valence-electron chi connectivity index (χ1n) is 5.41. The highest BCUT2D eigenvalue weighted by atomic mass is 16.5. The number of ether oxygens (including phenoxy) is 1. The van der Waals surface area contributed by atoms with E-state index in [9.17, 15) is 4.79 Å². The Kier molecular flexibility index (Phi) is 3.93. The van der Waals surface area contributed by atoms with E-state index in [2.05, 4.69) is 18.7 Å². The van der Waals surface area contributed by atoms with E-state index in [0.29, 0.717) is 12.1 Å². The molecule has 0 N–H and O–H groups in total. The van der Waals surface area contributed by atoms with E-state index in [1.807, 2.05) is 6.92 Å². The highest BCUT2D eigenvalue weighted by molar-refractivity contribution is 5.72. The van der Waals surface area contributed by atoms with Gasteiger partial charge in [0.1, 0.15) is 0 Å². The zero-order valence-corrected chi connectivity index (χ0v) is 9.62. The number of carbonyl (C=O) groups is 1. The van der Waals surface area contributed by atoms with Gasteiger partial charge >= 0.3 is 5.97 Å². The van der Waals surface area contributed by atoms with Crippen LogP contribution in [0.2, 0.25) is 0 Å². The highest BCUT2D eigenvalue weighted by Gasteiger charge is 2.31. The lowest BCUT2D eigenvalue weighted by molar-refractivity contribution is -0.147. The molecule has 0 spiro atoms. The lowest BCUT2D eigenvalue weighted by Gasteiger charge is -2.31. The lowest BCUT2D eigenvalue weighted by atomic mass is 10.0. The Labute approximate surface area is 86.4 Å². The average Bonchev–Trinajstić information content (AvgIpc) is 2.61. The van der Waals surface area contributed by atoms with Crippen LogP contribution in [0, 0.1) is 5.92 Å². The first-order chi connectivity index (χ1) is 6.57. The van der Waals surface area contributed by atoms with Gasteiger partial charge in [-0.1, -0.05) is 6.92 Å². The quantitative estimate of drug-likeness (QED) is 0.647. The van der Waals surface area contributed by atoms with Crippen LogP contribution in [0.3, 0.4) is 0 Å². The number of hydrogen-bond acceptors (Lipinski definition) is 3. The molecule has 0 radical (unpaired) electrons. The van der Waals surface area contributed by atoms with Crippen LogP contribution in [0.4, 0.5) is 0 Å². The maximum absolute atomic E-state index is 11.4. The van der Waals surface area contributed by atoms with Crippen LogP contribution in [0.1, 0.15) is 33.6 Å². The molecule has 0 aromatic carbocycles. The fourth-order valence-corrected chi connectivity index (χ4v) is 2.23. The van der Waals surface area contributed by atoms with Gasteiger partial charge in [-0.25, -0.2) is 0 Å². The molecule has 0 bridgehead atoms. The molecule has 1 heterocycles. The average molecular weight is 199 g/mol. The Hall–Kier alpha value is -0.570. The molecule has 1 fully saturated rings. The van der Waals surface area contributed by atoms with Crippen molar-refractivity contribution in [3.63, 3.8) is 0 Å². The third-order valence-electron chi connectivity index (χ3n) is 3.42.